The Morgan fingerprint density at radius 3 is 2.75 bits per heavy atom. The zero-order valence-electron chi connectivity index (χ0n) is 7.70. The molecule has 2 fully saturated rings. The van der Waals surface area contributed by atoms with Gasteiger partial charge in [-0.05, 0) is 19.8 Å². The van der Waals surface area contributed by atoms with Crippen LogP contribution in [0.1, 0.15) is 19.8 Å². The minimum absolute atomic E-state index is 0.433. The molecule has 2 atom stereocenters. The quantitative estimate of drug-likeness (QED) is 0.611. The van der Waals surface area contributed by atoms with Crippen LogP contribution < -0.4 is 5.73 Å². The van der Waals surface area contributed by atoms with Gasteiger partial charge in [0.25, 0.3) is 0 Å². The van der Waals surface area contributed by atoms with Crippen LogP contribution in [0.25, 0.3) is 0 Å². The van der Waals surface area contributed by atoms with Crippen LogP contribution in [0.3, 0.4) is 0 Å². The van der Waals surface area contributed by atoms with Crippen molar-refractivity contribution in [3.05, 3.63) is 0 Å². The second-order valence-corrected chi connectivity index (χ2v) is 4.07. The highest BCUT2D eigenvalue weighted by atomic mass is 16.5. The zero-order chi connectivity index (χ0) is 8.55. The van der Waals surface area contributed by atoms with Crippen molar-refractivity contribution < 1.29 is 4.74 Å². The molecule has 2 rings (SSSR count). The van der Waals surface area contributed by atoms with E-state index in [0.29, 0.717) is 12.1 Å². The van der Waals surface area contributed by atoms with Gasteiger partial charge in [-0.15, -0.1) is 0 Å². The Balaban J connectivity index is 1.80. The van der Waals surface area contributed by atoms with Crippen molar-refractivity contribution in [1.82, 2.24) is 4.90 Å². The smallest absolute Gasteiger partial charge is 0.0561 e. The molecule has 2 N–H and O–H groups in total. The van der Waals surface area contributed by atoms with E-state index in [-0.39, 0.29) is 0 Å². The molecule has 0 spiro atoms. The highest BCUT2D eigenvalue weighted by Gasteiger charge is 2.32. The fourth-order valence-electron chi connectivity index (χ4n) is 2.15. The van der Waals surface area contributed by atoms with E-state index < -0.39 is 0 Å². The summed E-state index contributed by atoms with van der Waals surface area (Å²) in [6, 6.07) is 1.18. The van der Waals surface area contributed by atoms with Gasteiger partial charge in [-0.2, -0.15) is 0 Å². The maximum atomic E-state index is 5.74. The molecule has 3 nitrogen and oxygen atoms in total. The van der Waals surface area contributed by atoms with Crippen LogP contribution >= 0.6 is 0 Å². The predicted octanol–water partition coefficient (Wildman–Crippen LogP) is 0.197. The first-order valence-corrected chi connectivity index (χ1v) is 4.87. The zero-order valence-corrected chi connectivity index (χ0v) is 7.70. The number of nitrogens with zero attached hydrogens (tertiary/aromatic N) is 1. The summed E-state index contributed by atoms with van der Waals surface area (Å²) in [5, 5.41) is 0. The molecular formula is C9H18N2O. The van der Waals surface area contributed by atoms with Gasteiger partial charge < -0.3 is 10.5 Å². The van der Waals surface area contributed by atoms with Crippen molar-refractivity contribution in [3.8, 4) is 0 Å². The van der Waals surface area contributed by atoms with Gasteiger partial charge >= 0.3 is 0 Å². The van der Waals surface area contributed by atoms with Gasteiger partial charge in [0, 0.05) is 31.8 Å². The summed E-state index contributed by atoms with van der Waals surface area (Å²) < 4.78 is 5.50. The number of rotatable bonds is 1. The summed E-state index contributed by atoms with van der Waals surface area (Å²) in [7, 11) is 0. The van der Waals surface area contributed by atoms with Crippen molar-refractivity contribution in [3.63, 3.8) is 0 Å². The summed E-state index contributed by atoms with van der Waals surface area (Å²) in [6.45, 7) is 5.28. The highest BCUT2D eigenvalue weighted by Crippen LogP contribution is 2.22. The molecule has 2 aliphatic heterocycles. The Morgan fingerprint density at radius 2 is 2.17 bits per heavy atom. The minimum Gasteiger partial charge on any atom is -0.378 e. The number of hydrogen-bond acceptors (Lipinski definition) is 3. The van der Waals surface area contributed by atoms with Gasteiger partial charge in [0.2, 0.25) is 0 Å². The first-order chi connectivity index (χ1) is 5.75. The van der Waals surface area contributed by atoms with E-state index in [9.17, 15) is 0 Å². The van der Waals surface area contributed by atoms with E-state index in [1.54, 1.807) is 0 Å². The van der Waals surface area contributed by atoms with Crippen molar-refractivity contribution in [2.45, 2.75) is 38.0 Å². The molecule has 0 aromatic rings. The van der Waals surface area contributed by atoms with Gasteiger partial charge in [-0.1, -0.05) is 0 Å². The Morgan fingerprint density at radius 1 is 1.42 bits per heavy atom. The topological polar surface area (TPSA) is 38.5 Å². The Labute approximate surface area is 73.9 Å². The van der Waals surface area contributed by atoms with Gasteiger partial charge in [0.1, 0.15) is 0 Å². The van der Waals surface area contributed by atoms with E-state index >= 15 is 0 Å². The van der Waals surface area contributed by atoms with Crippen LogP contribution in [-0.2, 0) is 4.74 Å². The Hall–Kier alpha value is -0.120. The fraction of sp³-hybridized carbons (Fsp3) is 1.00. The summed E-state index contributed by atoms with van der Waals surface area (Å²) in [4.78, 5) is 2.49. The van der Waals surface area contributed by atoms with Crippen LogP contribution in [0.5, 0.6) is 0 Å². The third kappa shape index (κ3) is 1.63. The molecule has 70 valence electrons. The maximum absolute atomic E-state index is 5.74. The molecule has 0 aliphatic carbocycles. The average Bonchev–Trinajstić information content (AvgIpc) is 1.99. The van der Waals surface area contributed by atoms with E-state index in [2.05, 4.69) is 11.8 Å². The van der Waals surface area contributed by atoms with E-state index in [4.69, 9.17) is 10.5 Å². The molecule has 0 radical (unpaired) electrons. The van der Waals surface area contributed by atoms with Crippen molar-refractivity contribution >= 4 is 0 Å². The number of hydrogen-bond donors (Lipinski definition) is 1. The second-order valence-electron chi connectivity index (χ2n) is 4.07. The van der Waals surface area contributed by atoms with Crippen LogP contribution in [-0.4, -0.2) is 42.8 Å². The Kier molecular flexibility index (Phi) is 2.35. The molecule has 0 aromatic heterocycles. The third-order valence-corrected chi connectivity index (χ3v) is 2.91. The summed E-state index contributed by atoms with van der Waals surface area (Å²) in [5.74, 6) is 0. The summed E-state index contributed by atoms with van der Waals surface area (Å²) in [6.07, 6.45) is 2.82. The van der Waals surface area contributed by atoms with E-state index in [1.165, 1.54) is 12.8 Å². The molecule has 0 bridgehead atoms. The van der Waals surface area contributed by atoms with Crippen LogP contribution in [0, 0.1) is 0 Å². The molecule has 0 aromatic carbocycles. The third-order valence-electron chi connectivity index (χ3n) is 2.91. The van der Waals surface area contributed by atoms with Gasteiger partial charge in [0.05, 0.1) is 6.10 Å². The van der Waals surface area contributed by atoms with Gasteiger partial charge in [0.15, 0.2) is 0 Å². The molecule has 2 aliphatic rings. The SMILES string of the molecule is CC1CC(N2CC(N)C2)CCO1. The molecule has 0 amide bonds. The first-order valence-electron chi connectivity index (χ1n) is 4.87. The lowest BCUT2D eigenvalue weighted by atomic mass is 9.97. The van der Waals surface area contributed by atoms with Crippen LogP contribution in [0.2, 0.25) is 0 Å². The van der Waals surface area contributed by atoms with Gasteiger partial charge in [-0.25, -0.2) is 0 Å². The molecular weight excluding hydrogens is 152 g/mol. The van der Waals surface area contributed by atoms with Gasteiger partial charge in [-0.3, -0.25) is 4.90 Å². The monoisotopic (exact) mass is 170 g/mol. The largest absolute Gasteiger partial charge is 0.378 e. The fourth-order valence-corrected chi connectivity index (χ4v) is 2.15. The molecule has 12 heavy (non-hydrogen) atoms. The molecule has 0 saturated carbocycles. The summed E-state index contributed by atoms with van der Waals surface area (Å²) in [5.41, 5.74) is 5.74. The predicted molar refractivity (Wildman–Crippen MR) is 48.0 cm³/mol. The highest BCUT2D eigenvalue weighted by molar-refractivity contribution is 4.89. The first kappa shape index (κ1) is 8.48. The normalized spacial score (nSPS) is 39.5. The molecule has 2 unspecified atom stereocenters. The number of likely N-dealkylation sites (tertiary alicyclic amines) is 1. The van der Waals surface area contributed by atoms with Crippen LogP contribution in [0.15, 0.2) is 0 Å². The second kappa shape index (κ2) is 3.32. The molecule has 2 saturated heterocycles. The van der Waals surface area contributed by atoms with Crippen molar-refractivity contribution in [2.24, 2.45) is 5.73 Å². The molecule has 2 heterocycles. The minimum atomic E-state index is 0.433. The lowest BCUT2D eigenvalue weighted by Gasteiger charge is -2.45. The lowest BCUT2D eigenvalue weighted by Crippen LogP contribution is -2.60. The average molecular weight is 170 g/mol. The standard InChI is InChI=1S/C9H18N2O/c1-7-4-9(2-3-12-7)11-5-8(10)6-11/h7-9H,2-6,10H2,1H3. The number of nitrogens with two attached hydrogens (primary N) is 1. The number of ether oxygens (including phenoxy) is 1. The maximum Gasteiger partial charge on any atom is 0.0561 e. The van der Waals surface area contributed by atoms with Crippen LogP contribution in [0.4, 0.5) is 0 Å². The van der Waals surface area contributed by atoms with Crippen molar-refractivity contribution in [2.75, 3.05) is 19.7 Å². The van der Waals surface area contributed by atoms with E-state index in [0.717, 1.165) is 25.7 Å². The lowest BCUT2D eigenvalue weighted by molar-refractivity contribution is -0.0369. The Bertz CT molecular complexity index is 157. The summed E-state index contributed by atoms with van der Waals surface area (Å²) >= 11 is 0. The van der Waals surface area contributed by atoms with E-state index in [1.807, 2.05) is 0 Å². The molecule has 3 heteroatoms. The van der Waals surface area contributed by atoms with Crippen molar-refractivity contribution in [1.29, 1.82) is 0 Å².